The highest BCUT2D eigenvalue weighted by Crippen LogP contribution is 2.26. The van der Waals surface area contributed by atoms with Crippen molar-refractivity contribution in [2.24, 2.45) is 0 Å². The van der Waals surface area contributed by atoms with Crippen LogP contribution in [0.2, 0.25) is 0 Å². The Balaban J connectivity index is 1.96. The van der Waals surface area contributed by atoms with Crippen LogP contribution in [0.5, 0.6) is 5.75 Å². The van der Waals surface area contributed by atoms with Crippen LogP contribution in [-0.2, 0) is 6.54 Å². The Hall–Kier alpha value is -1.84. The van der Waals surface area contributed by atoms with E-state index in [1.165, 1.54) is 5.56 Å². The molecule has 3 heteroatoms. The molecule has 0 saturated carbocycles. The summed E-state index contributed by atoms with van der Waals surface area (Å²) in [5.41, 5.74) is 3.17. The van der Waals surface area contributed by atoms with E-state index in [1.807, 2.05) is 50.2 Å². The topological polar surface area (TPSA) is 41.5 Å². The summed E-state index contributed by atoms with van der Waals surface area (Å²) < 4.78 is 5.59. The summed E-state index contributed by atoms with van der Waals surface area (Å²) in [6.07, 6.45) is -0.574. The highest BCUT2D eigenvalue weighted by molar-refractivity contribution is 5.38. The largest absolute Gasteiger partial charge is 0.493 e. The molecule has 0 spiro atoms. The number of rotatable bonds is 7. The van der Waals surface area contributed by atoms with Crippen LogP contribution in [0.4, 0.5) is 0 Å². The Morgan fingerprint density at radius 3 is 2.62 bits per heavy atom. The van der Waals surface area contributed by atoms with Gasteiger partial charge in [0.2, 0.25) is 0 Å². The lowest BCUT2D eigenvalue weighted by Gasteiger charge is -2.17. The Kier molecular flexibility index (Phi) is 5.78. The third-order valence-electron chi connectivity index (χ3n) is 3.33. The van der Waals surface area contributed by atoms with Crippen molar-refractivity contribution in [1.29, 1.82) is 0 Å². The van der Waals surface area contributed by atoms with Gasteiger partial charge in [-0.25, -0.2) is 0 Å². The zero-order valence-corrected chi connectivity index (χ0v) is 12.7. The first-order chi connectivity index (χ1) is 10.2. The molecule has 2 N–H and O–H groups in total. The van der Waals surface area contributed by atoms with Crippen molar-refractivity contribution < 1.29 is 9.84 Å². The lowest BCUT2D eigenvalue weighted by atomic mass is 10.0. The smallest absolute Gasteiger partial charge is 0.125 e. The fourth-order valence-corrected chi connectivity index (χ4v) is 2.27. The molecule has 0 saturated heterocycles. The van der Waals surface area contributed by atoms with Crippen LogP contribution in [-0.4, -0.2) is 18.3 Å². The third-order valence-corrected chi connectivity index (χ3v) is 3.33. The number of ether oxygens (including phenoxy) is 1. The molecule has 0 amide bonds. The maximum atomic E-state index is 10.4. The van der Waals surface area contributed by atoms with Crippen molar-refractivity contribution in [1.82, 2.24) is 5.32 Å². The van der Waals surface area contributed by atoms with Crippen LogP contribution < -0.4 is 10.1 Å². The molecule has 21 heavy (non-hydrogen) atoms. The minimum absolute atomic E-state index is 0.498. The van der Waals surface area contributed by atoms with Crippen LogP contribution in [0.15, 0.2) is 48.5 Å². The van der Waals surface area contributed by atoms with Crippen molar-refractivity contribution in [3.8, 4) is 5.75 Å². The van der Waals surface area contributed by atoms with Crippen molar-refractivity contribution in [2.45, 2.75) is 26.5 Å². The summed E-state index contributed by atoms with van der Waals surface area (Å²) in [6, 6.07) is 16.1. The van der Waals surface area contributed by atoms with Gasteiger partial charge in [0.15, 0.2) is 0 Å². The summed E-state index contributed by atoms with van der Waals surface area (Å²) in [6.45, 7) is 5.80. The number of hydrogen-bond donors (Lipinski definition) is 2. The van der Waals surface area contributed by atoms with E-state index < -0.39 is 6.10 Å². The molecule has 2 aromatic carbocycles. The molecule has 2 aromatic rings. The van der Waals surface area contributed by atoms with E-state index in [0.29, 0.717) is 13.2 Å². The van der Waals surface area contributed by atoms with E-state index in [-0.39, 0.29) is 0 Å². The molecule has 1 atom stereocenters. The Labute approximate surface area is 126 Å². The molecule has 0 aliphatic carbocycles. The van der Waals surface area contributed by atoms with Gasteiger partial charge in [-0.2, -0.15) is 0 Å². The number of aliphatic hydroxyl groups is 1. The minimum atomic E-state index is -0.574. The number of hydrogen-bond acceptors (Lipinski definition) is 3. The van der Waals surface area contributed by atoms with Crippen molar-refractivity contribution in [3.63, 3.8) is 0 Å². The molecule has 1 unspecified atom stereocenters. The molecule has 3 nitrogen and oxygen atoms in total. The van der Waals surface area contributed by atoms with Gasteiger partial charge in [0.1, 0.15) is 5.75 Å². The van der Waals surface area contributed by atoms with Crippen molar-refractivity contribution in [3.05, 3.63) is 65.2 Å². The molecule has 0 bridgehead atoms. The average Bonchev–Trinajstić information content (AvgIpc) is 2.50. The zero-order valence-electron chi connectivity index (χ0n) is 12.7. The Morgan fingerprint density at radius 2 is 1.90 bits per heavy atom. The monoisotopic (exact) mass is 285 g/mol. The summed E-state index contributed by atoms with van der Waals surface area (Å²) in [5, 5.41) is 13.7. The molecular weight excluding hydrogens is 262 g/mol. The second kappa shape index (κ2) is 7.81. The molecule has 0 aromatic heterocycles. The SMILES string of the molecule is CCOc1ccc(C)cc1C(O)CNCc1ccccc1. The van der Waals surface area contributed by atoms with Gasteiger partial charge in [0, 0.05) is 18.7 Å². The second-order valence-electron chi connectivity index (χ2n) is 5.11. The van der Waals surface area contributed by atoms with E-state index in [9.17, 15) is 5.11 Å². The molecule has 112 valence electrons. The first-order valence-corrected chi connectivity index (χ1v) is 7.36. The third kappa shape index (κ3) is 4.59. The molecule has 0 aliphatic heterocycles. The van der Waals surface area contributed by atoms with E-state index in [0.717, 1.165) is 23.4 Å². The normalized spacial score (nSPS) is 12.1. The van der Waals surface area contributed by atoms with Crippen LogP contribution in [0.3, 0.4) is 0 Å². The Bertz CT molecular complexity index is 554. The fraction of sp³-hybridized carbons (Fsp3) is 0.333. The number of aryl methyl sites for hydroxylation is 1. The molecule has 0 fully saturated rings. The average molecular weight is 285 g/mol. The van der Waals surface area contributed by atoms with Gasteiger partial charge < -0.3 is 15.2 Å². The maximum absolute atomic E-state index is 10.4. The fourth-order valence-electron chi connectivity index (χ4n) is 2.27. The lowest BCUT2D eigenvalue weighted by Crippen LogP contribution is -2.21. The van der Waals surface area contributed by atoms with Crippen molar-refractivity contribution >= 4 is 0 Å². The zero-order chi connectivity index (χ0) is 15.1. The molecule has 0 aliphatic rings. The molecule has 2 rings (SSSR count). The summed E-state index contributed by atoms with van der Waals surface area (Å²) in [7, 11) is 0. The highest BCUT2D eigenvalue weighted by Gasteiger charge is 2.13. The van der Waals surface area contributed by atoms with E-state index >= 15 is 0 Å². The van der Waals surface area contributed by atoms with Gasteiger partial charge in [-0.05, 0) is 31.5 Å². The standard InChI is InChI=1S/C18H23NO2/c1-3-21-18-10-9-14(2)11-16(18)17(20)13-19-12-15-7-5-4-6-8-15/h4-11,17,19-20H,3,12-13H2,1-2H3. The maximum Gasteiger partial charge on any atom is 0.125 e. The summed E-state index contributed by atoms with van der Waals surface area (Å²) >= 11 is 0. The van der Waals surface area contributed by atoms with E-state index in [1.54, 1.807) is 0 Å². The van der Waals surface area contributed by atoms with E-state index in [4.69, 9.17) is 4.74 Å². The van der Waals surface area contributed by atoms with Crippen LogP contribution in [0.25, 0.3) is 0 Å². The van der Waals surface area contributed by atoms with E-state index in [2.05, 4.69) is 17.4 Å². The number of nitrogens with one attached hydrogen (secondary N) is 1. The molecule has 0 heterocycles. The Morgan fingerprint density at radius 1 is 1.14 bits per heavy atom. The lowest BCUT2D eigenvalue weighted by molar-refractivity contribution is 0.168. The predicted molar refractivity (Wildman–Crippen MR) is 85.5 cm³/mol. The summed E-state index contributed by atoms with van der Waals surface area (Å²) in [5.74, 6) is 0.761. The molecular formula is C18H23NO2. The first-order valence-electron chi connectivity index (χ1n) is 7.36. The second-order valence-corrected chi connectivity index (χ2v) is 5.11. The molecule has 0 radical (unpaired) electrons. The number of aliphatic hydroxyl groups excluding tert-OH is 1. The van der Waals surface area contributed by atoms with Gasteiger partial charge in [-0.1, -0.05) is 42.0 Å². The van der Waals surface area contributed by atoms with Gasteiger partial charge in [0.25, 0.3) is 0 Å². The predicted octanol–water partition coefficient (Wildman–Crippen LogP) is 3.22. The van der Waals surface area contributed by atoms with Gasteiger partial charge >= 0.3 is 0 Å². The highest BCUT2D eigenvalue weighted by atomic mass is 16.5. The van der Waals surface area contributed by atoms with Gasteiger partial charge in [-0.15, -0.1) is 0 Å². The van der Waals surface area contributed by atoms with Crippen LogP contribution >= 0.6 is 0 Å². The number of benzene rings is 2. The van der Waals surface area contributed by atoms with Crippen LogP contribution in [0, 0.1) is 6.92 Å². The van der Waals surface area contributed by atoms with Gasteiger partial charge in [0.05, 0.1) is 12.7 Å². The van der Waals surface area contributed by atoms with Gasteiger partial charge in [-0.3, -0.25) is 0 Å². The van der Waals surface area contributed by atoms with Crippen LogP contribution in [0.1, 0.15) is 29.7 Å². The summed E-state index contributed by atoms with van der Waals surface area (Å²) in [4.78, 5) is 0. The minimum Gasteiger partial charge on any atom is -0.493 e. The quantitative estimate of drug-likeness (QED) is 0.820. The first kappa shape index (κ1) is 15.5. The van der Waals surface area contributed by atoms with Crippen molar-refractivity contribution in [2.75, 3.05) is 13.2 Å².